The smallest absolute Gasteiger partial charge is 0.224 e. The molecule has 0 atom stereocenters. The van der Waals surface area contributed by atoms with Gasteiger partial charge in [-0.2, -0.15) is 0 Å². The van der Waals surface area contributed by atoms with E-state index in [0.29, 0.717) is 6.42 Å². The monoisotopic (exact) mass is 354 g/mol. The summed E-state index contributed by atoms with van der Waals surface area (Å²) >= 11 is 0. The number of anilines is 1. The largest absolute Gasteiger partial charge is 0.325 e. The Morgan fingerprint density at radius 1 is 1.00 bits per heavy atom. The highest BCUT2D eigenvalue weighted by Crippen LogP contribution is 2.34. The van der Waals surface area contributed by atoms with Crippen molar-refractivity contribution in [3.63, 3.8) is 0 Å². The number of hydrogen-bond acceptors (Lipinski definition) is 2. The third-order valence-electron chi connectivity index (χ3n) is 5.69. The average molecular weight is 355 g/mol. The number of nitrogens with one attached hydrogen (secondary N) is 1. The lowest BCUT2D eigenvalue weighted by Crippen LogP contribution is -2.19. The summed E-state index contributed by atoms with van der Waals surface area (Å²) in [6.07, 6.45) is 20.3. The van der Waals surface area contributed by atoms with Gasteiger partial charge in [-0.1, -0.05) is 57.6 Å². The Balaban J connectivity index is 1.59. The van der Waals surface area contributed by atoms with Crippen LogP contribution in [0.5, 0.6) is 0 Å². The highest BCUT2D eigenvalue weighted by molar-refractivity contribution is 5.94. The van der Waals surface area contributed by atoms with E-state index < -0.39 is 0 Å². The van der Waals surface area contributed by atoms with Crippen molar-refractivity contribution >= 4 is 17.7 Å². The number of carbonyl (C=O) groups excluding carboxylic acids is 1. The molecule has 0 aromatic carbocycles. The van der Waals surface area contributed by atoms with Gasteiger partial charge in [-0.05, 0) is 50.5 Å². The van der Waals surface area contributed by atoms with Crippen molar-refractivity contribution in [3.05, 3.63) is 28.6 Å². The van der Waals surface area contributed by atoms with Crippen LogP contribution < -0.4 is 5.32 Å². The zero-order chi connectivity index (χ0) is 18.2. The van der Waals surface area contributed by atoms with Crippen LogP contribution in [0.3, 0.4) is 0 Å². The minimum atomic E-state index is 0.179. The fraction of sp³-hybridized carbons (Fsp3) is 0.652. The first-order valence-electron chi connectivity index (χ1n) is 10.8. The third-order valence-corrected chi connectivity index (χ3v) is 5.69. The number of amides is 1. The molecule has 0 bridgehead atoms. The molecule has 1 amide bonds. The number of rotatable bonds is 9. The molecule has 1 aromatic heterocycles. The maximum absolute atomic E-state index is 12.6. The lowest BCUT2D eigenvalue weighted by atomic mass is 9.89. The van der Waals surface area contributed by atoms with E-state index in [0.717, 1.165) is 37.8 Å². The fourth-order valence-electron chi connectivity index (χ4n) is 4.19. The average Bonchev–Trinajstić information content (AvgIpc) is 2.67. The van der Waals surface area contributed by atoms with Crippen molar-refractivity contribution in [2.24, 2.45) is 0 Å². The van der Waals surface area contributed by atoms with Crippen LogP contribution in [0, 0.1) is 0 Å². The maximum atomic E-state index is 12.6. The molecule has 0 saturated carbocycles. The van der Waals surface area contributed by atoms with E-state index in [2.05, 4.69) is 24.4 Å². The van der Waals surface area contributed by atoms with Gasteiger partial charge >= 0.3 is 0 Å². The number of allylic oxidation sites excluding steroid dienone is 1. The predicted octanol–water partition coefficient (Wildman–Crippen LogP) is 6.00. The van der Waals surface area contributed by atoms with E-state index in [1.165, 1.54) is 73.9 Å². The Morgan fingerprint density at radius 2 is 1.77 bits per heavy atom. The maximum Gasteiger partial charge on any atom is 0.224 e. The van der Waals surface area contributed by atoms with Gasteiger partial charge < -0.3 is 5.32 Å². The minimum Gasteiger partial charge on any atom is -0.325 e. The summed E-state index contributed by atoms with van der Waals surface area (Å²) in [4.78, 5) is 17.5. The molecule has 0 saturated heterocycles. The lowest BCUT2D eigenvalue weighted by Gasteiger charge is -2.24. The molecule has 3 heteroatoms. The number of pyridine rings is 1. The van der Waals surface area contributed by atoms with Crippen LogP contribution in [0.1, 0.15) is 100 Å². The van der Waals surface area contributed by atoms with Crippen molar-refractivity contribution in [2.75, 3.05) is 5.32 Å². The topological polar surface area (TPSA) is 42.0 Å². The molecule has 2 aliphatic rings. The quantitative estimate of drug-likeness (QED) is 0.553. The number of fused-ring (bicyclic) bond motifs is 2. The number of unbranched alkanes of at least 4 members (excludes halogenated alkanes) is 6. The zero-order valence-electron chi connectivity index (χ0n) is 16.4. The van der Waals surface area contributed by atoms with Gasteiger partial charge in [0.1, 0.15) is 0 Å². The normalized spacial score (nSPS) is 15.4. The Labute approximate surface area is 158 Å². The highest BCUT2D eigenvalue weighted by Gasteiger charge is 2.22. The van der Waals surface area contributed by atoms with Crippen molar-refractivity contribution in [3.8, 4) is 0 Å². The second kappa shape index (κ2) is 9.89. The number of carbonyl (C=O) groups is 1. The number of hydrogen-bond donors (Lipinski definition) is 1. The summed E-state index contributed by atoms with van der Waals surface area (Å²) in [7, 11) is 0. The molecule has 26 heavy (non-hydrogen) atoms. The van der Waals surface area contributed by atoms with Crippen LogP contribution in [0.4, 0.5) is 5.69 Å². The molecule has 3 nitrogen and oxygen atoms in total. The second-order valence-corrected chi connectivity index (χ2v) is 7.84. The first-order chi connectivity index (χ1) is 12.8. The first-order valence-corrected chi connectivity index (χ1v) is 10.8. The number of aromatic nitrogens is 1. The Morgan fingerprint density at radius 3 is 2.62 bits per heavy atom. The summed E-state index contributed by atoms with van der Waals surface area (Å²) in [5, 5.41) is 3.28. The van der Waals surface area contributed by atoms with Gasteiger partial charge in [-0.3, -0.25) is 9.78 Å². The molecular weight excluding hydrogens is 320 g/mol. The molecule has 0 unspecified atom stereocenters. The summed E-state index contributed by atoms with van der Waals surface area (Å²) in [5.74, 6) is 0.179. The van der Waals surface area contributed by atoms with Crippen LogP contribution >= 0.6 is 0 Å². The molecular formula is C23H34N2O. The van der Waals surface area contributed by atoms with Crippen molar-refractivity contribution in [2.45, 2.75) is 96.8 Å². The van der Waals surface area contributed by atoms with Crippen LogP contribution in [0.2, 0.25) is 0 Å². The highest BCUT2D eigenvalue weighted by atomic mass is 16.1. The third kappa shape index (κ3) is 4.96. The fourth-order valence-corrected chi connectivity index (χ4v) is 4.19. The van der Waals surface area contributed by atoms with Gasteiger partial charge in [0.25, 0.3) is 0 Å². The van der Waals surface area contributed by atoms with Gasteiger partial charge in [-0.15, -0.1) is 0 Å². The minimum absolute atomic E-state index is 0.179. The Hall–Kier alpha value is -1.64. The molecule has 142 valence electrons. The van der Waals surface area contributed by atoms with Crippen molar-refractivity contribution in [1.82, 2.24) is 4.98 Å². The van der Waals surface area contributed by atoms with Crippen LogP contribution in [-0.4, -0.2) is 10.9 Å². The molecule has 0 aliphatic heterocycles. The summed E-state index contributed by atoms with van der Waals surface area (Å²) in [6, 6.07) is 0. The molecule has 0 fully saturated rings. The van der Waals surface area contributed by atoms with Gasteiger partial charge in [-0.25, -0.2) is 0 Å². The van der Waals surface area contributed by atoms with E-state index in [4.69, 9.17) is 4.98 Å². The van der Waals surface area contributed by atoms with Gasteiger partial charge in [0.05, 0.1) is 11.4 Å². The summed E-state index contributed by atoms with van der Waals surface area (Å²) in [5.41, 5.74) is 5.96. The second-order valence-electron chi connectivity index (χ2n) is 7.84. The molecule has 0 spiro atoms. The predicted molar refractivity (Wildman–Crippen MR) is 109 cm³/mol. The van der Waals surface area contributed by atoms with Gasteiger partial charge in [0.15, 0.2) is 0 Å². The van der Waals surface area contributed by atoms with E-state index in [1.54, 1.807) is 0 Å². The summed E-state index contributed by atoms with van der Waals surface area (Å²) in [6.45, 7) is 2.25. The standard InChI is InChI=1S/C23H34N2O/c1-2-3-4-5-6-7-8-17-22(26)25-23-18-13-9-11-15-20(18)24-21-16-12-10-14-19(21)23/h9,13H,2-8,10-12,14-17H2,1H3,(H,24,25,26). The van der Waals surface area contributed by atoms with E-state index in [1.807, 2.05) is 0 Å². The van der Waals surface area contributed by atoms with E-state index >= 15 is 0 Å². The molecule has 1 N–H and O–H groups in total. The van der Waals surface area contributed by atoms with Crippen molar-refractivity contribution in [1.29, 1.82) is 0 Å². The van der Waals surface area contributed by atoms with E-state index in [9.17, 15) is 4.79 Å². The van der Waals surface area contributed by atoms with Crippen LogP contribution in [0.15, 0.2) is 6.08 Å². The van der Waals surface area contributed by atoms with Crippen molar-refractivity contribution < 1.29 is 4.79 Å². The number of nitrogens with zero attached hydrogens (tertiary/aromatic N) is 1. The van der Waals surface area contributed by atoms with Crippen LogP contribution in [0.25, 0.3) is 6.08 Å². The van der Waals surface area contributed by atoms with Crippen LogP contribution in [-0.2, 0) is 24.1 Å². The van der Waals surface area contributed by atoms with Gasteiger partial charge in [0.2, 0.25) is 5.91 Å². The summed E-state index contributed by atoms with van der Waals surface area (Å²) < 4.78 is 0. The Kier molecular flexibility index (Phi) is 7.28. The Bertz CT molecular complexity index is 648. The van der Waals surface area contributed by atoms with Gasteiger partial charge in [0, 0.05) is 17.7 Å². The SMILES string of the molecule is CCCCCCCCCC(=O)Nc1c2c(nc3c1CCCC3)CCC=C2. The lowest BCUT2D eigenvalue weighted by molar-refractivity contribution is -0.116. The number of aryl methyl sites for hydroxylation is 2. The zero-order valence-corrected chi connectivity index (χ0v) is 16.4. The first kappa shape index (κ1) is 19.1. The molecule has 2 aliphatic carbocycles. The molecule has 3 rings (SSSR count). The molecule has 1 aromatic rings. The molecule has 1 heterocycles. The molecule has 0 radical (unpaired) electrons. The van der Waals surface area contributed by atoms with E-state index in [-0.39, 0.29) is 5.91 Å².